The number of benzene rings is 1. The van der Waals surface area contributed by atoms with Gasteiger partial charge in [-0.05, 0) is 40.2 Å². The predicted molar refractivity (Wildman–Crippen MR) is 79.6 cm³/mol. The Labute approximate surface area is 124 Å². The smallest absolute Gasteiger partial charge is 0.267 e. The number of nitrogens with one attached hydrogen (secondary N) is 1. The van der Waals surface area contributed by atoms with Gasteiger partial charge in [-0.2, -0.15) is 0 Å². The molecule has 2 aromatic heterocycles. The molecule has 0 aliphatic rings. The molecule has 1 amide bonds. The molecule has 0 saturated carbocycles. The number of aromatic nitrogens is 1. The van der Waals surface area contributed by atoms with Crippen molar-refractivity contribution in [1.82, 2.24) is 4.98 Å². The predicted octanol–water partition coefficient (Wildman–Crippen LogP) is 4.51. The SMILES string of the molecule is O=C(Nc1nc2c(F)cccc2s1)c1ccc(Br)s1. The van der Waals surface area contributed by atoms with Gasteiger partial charge in [0.1, 0.15) is 11.3 Å². The van der Waals surface area contributed by atoms with Crippen molar-refractivity contribution in [3.05, 3.63) is 44.8 Å². The van der Waals surface area contributed by atoms with Crippen molar-refractivity contribution in [1.29, 1.82) is 0 Å². The van der Waals surface area contributed by atoms with Crippen LogP contribution >= 0.6 is 38.6 Å². The number of nitrogens with zero attached hydrogens (tertiary/aromatic N) is 1. The van der Waals surface area contributed by atoms with Crippen molar-refractivity contribution in [2.24, 2.45) is 0 Å². The first-order valence-electron chi connectivity index (χ1n) is 5.25. The van der Waals surface area contributed by atoms with Gasteiger partial charge in [0.2, 0.25) is 0 Å². The van der Waals surface area contributed by atoms with Crippen LogP contribution in [0.15, 0.2) is 34.1 Å². The van der Waals surface area contributed by atoms with Crippen LogP contribution in [0.2, 0.25) is 0 Å². The molecule has 1 aromatic carbocycles. The van der Waals surface area contributed by atoms with Crippen molar-refractivity contribution in [3.63, 3.8) is 0 Å². The van der Waals surface area contributed by atoms with Crippen LogP contribution in [0.25, 0.3) is 10.2 Å². The molecule has 0 fully saturated rings. The van der Waals surface area contributed by atoms with Gasteiger partial charge >= 0.3 is 0 Å². The number of amides is 1. The van der Waals surface area contributed by atoms with Crippen LogP contribution in [0.3, 0.4) is 0 Å². The van der Waals surface area contributed by atoms with Crippen LogP contribution in [-0.2, 0) is 0 Å². The summed E-state index contributed by atoms with van der Waals surface area (Å²) < 4.78 is 15.1. The second kappa shape index (κ2) is 4.99. The van der Waals surface area contributed by atoms with Crippen LogP contribution < -0.4 is 5.32 Å². The summed E-state index contributed by atoms with van der Waals surface area (Å²) in [6, 6.07) is 8.27. The molecular weight excluding hydrogens is 351 g/mol. The quantitative estimate of drug-likeness (QED) is 0.733. The highest BCUT2D eigenvalue weighted by Crippen LogP contribution is 2.29. The van der Waals surface area contributed by atoms with Gasteiger partial charge in [0.05, 0.1) is 13.4 Å². The van der Waals surface area contributed by atoms with Gasteiger partial charge in [-0.1, -0.05) is 17.4 Å². The highest BCUT2D eigenvalue weighted by molar-refractivity contribution is 9.11. The number of para-hydroxylation sites is 1. The summed E-state index contributed by atoms with van der Waals surface area (Å²) in [6.07, 6.45) is 0. The first kappa shape index (κ1) is 12.7. The van der Waals surface area contributed by atoms with Crippen molar-refractivity contribution in [3.8, 4) is 0 Å². The molecule has 1 N–H and O–H groups in total. The van der Waals surface area contributed by atoms with Crippen molar-refractivity contribution in [2.45, 2.75) is 0 Å². The number of thiophene rings is 1. The Hall–Kier alpha value is -1.31. The molecular formula is C12H6BrFN2OS2. The highest BCUT2D eigenvalue weighted by atomic mass is 79.9. The minimum absolute atomic E-state index is 0.241. The zero-order valence-corrected chi connectivity index (χ0v) is 12.5. The van der Waals surface area contributed by atoms with E-state index in [2.05, 4.69) is 26.2 Å². The zero-order valence-electron chi connectivity index (χ0n) is 9.31. The van der Waals surface area contributed by atoms with E-state index in [-0.39, 0.29) is 17.2 Å². The Morgan fingerprint density at radius 3 is 2.79 bits per heavy atom. The molecule has 3 aromatic rings. The van der Waals surface area contributed by atoms with E-state index in [1.165, 1.54) is 28.7 Å². The van der Waals surface area contributed by atoms with Crippen LogP contribution in [0.5, 0.6) is 0 Å². The first-order valence-corrected chi connectivity index (χ1v) is 7.68. The molecule has 0 unspecified atom stereocenters. The van der Waals surface area contributed by atoms with Gasteiger partial charge in [0.25, 0.3) is 5.91 Å². The molecule has 0 radical (unpaired) electrons. The van der Waals surface area contributed by atoms with E-state index >= 15 is 0 Å². The number of anilines is 1. The van der Waals surface area contributed by atoms with Gasteiger partial charge in [-0.15, -0.1) is 11.3 Å². The van der Waals surface area contributed by atoms with Gasteiger partial charge in [-0.3, -0.25) is 10.1 Å². The van der Waals surface area contributed by atoms with Crippen LogP contribution in [0, 0.1) is 5.82 Å². The number of hydrogen-bond donors (Lipinski definition) is 1. The molecule has 0 saturated heterocycles. The van der Waals surface area contributed by atoms with Gasteiger partial charge in [0, 0.05) is 0 Å². The van der Waals surface area contributed by atoms with Crippen molar-refractivity contribution < 1.29 is 9.18 Å². The largest absolute Gasteiger partial charge is 0.297 e. The molecule has 96 valence electrons. The Morgan fingerprint density at radius 2 is 2.11 bits per heavy atom. The lowest BCUT2D eigenvalue weighted by Crippen LogP contribution is -2.09. The Morgan fingerprint density at radius 1 is 1.26 bits per heavy atom. The summed E-state index contributed by atoms with van der Waals surface area (Å²) in [5.41, 5.74) is 0.287. The lowest BCUT2D eigenvalue weighted by Gasteiger charge is -1.96. The van der Waals surface area contributed by atoms with Crippen LogP contribution in [0.1, 0.15) is 9.67 Å². The summed E-state index contributed by atoms with van der Waals surface area (Å²) in [5, 5.41) is 3.08. The minimum Gasteiger partial charge on any atom is -0.297 e. The van der Waals surface area contributed by atoms with E-state index in [0.717, 1.165) is 3.79 Å². The van der Waals surface area contributed by atoms with Gasteiger partial charge < -0.3 is 0 Å². The van der Waals surface area contributed by atoms with Gasteiger partial charge in [0.15, 0.2) is 5.13 Å². The number of hydrogen-bond acceptors (Lipinski definition) is 4. The molecule has 0 aliphatic carbocycles. The Kier molecular flexibility index (Phi) is 3.34. The Balaban J connectivity index is 1.89. The van der Waals surface area contributed by atoms with E-state index in [1.54, 1.807) is 24.3 Å². The molecule has 7 heteroatoms. The monoisotopic (exact) mass is 356 g/mol. The normalized spacial score (nSPS) is 10.8. The maximum atomic E-state index is 13.5. The third kappa shape index (κ3) is 2.54. The second-order valence-corrected chi connectivity index (χ2v) is 7.16. The maximum Gasteiger partial charge on any atom is 0.267 e. The summed E-state index contributed by atoms with van der Waals surface area (Å²) in [7, 11) is 0. The van der Waals surface area contributed by atoms with E-state index in [4.69, 9.17) is 0 Å². The standard InChI is InChI=1S/C12H6BrFN2OS2/c13-9-5-4-8(18-9)11(17)16-12-15-10-6(14)2-1-3-7(10)19-12/h1-5H,(H,15,16,17). The number of carbonyl (C=O) groups is 1. The fourth-order valence-electron chi connectivity index (χ4n) is 1.56. The summed E-state index contributed by atoms with van der Waals surface area (Å²) >= 11 is 5.88. The molecule has 0 aliphatic heterocycles. The maximum absolute atomic E-state index is 13.5. The molecule has 3 nitrogen and oxygen atoms in total. The molecule has 0 spiro atoms. The topological polar surface area (TPSA) is 42.0 Å². The van der Waals surface area contributed by atoms with Crippen LogP contribution in [0.4, 0.5) is 9.52 Å². The first-order chi connectivity index (χ1) is 9.13. The average molecular weight is 357 g/mol. The molecule has 0 bridgehead atoms. The fraction of sp³-hybridized carbons (Fsp3) is 0. The van der Waals surface area contributed by atoms with Crippen molar-refractivity contribution >= 4 is 59.9 Å². The zero-order chi connectivity index (χ0) is 13.4. The minimum atomic E-state index is -0.381. The van der Waals surface area contributed by atoms with E-state index in [0.29, 0.717) is 14.7 Å². The van der Waals surface area contributed by atoms with Crippen LogP contribution in [-0.4, -0.2) is 10.9 Å². The lowest BCUT2D eigenvalue weighted by atomic mass is 10.3. The summed E-state index contributed by atoms with van der Waals surface area (Å²) in [4.78, 5) is 16.6. The fourth-order valence-corrected chi connectivity index (χ4v) is 3.72. The number of halogens is 2. The molecule has 3 rings (SSSR count). The number of fused-ring (bicyclic) bond motifs is 1. The third-order valence-electron chi connectivity index (χ3n) is 2.39. The second-order valence-electron chi connectivity index (χ2n) is 3.66. The average Bonchev–Trinajstić information content (AvgIpc) is 2.96. The molecule has 19 heavy (non-hydrogen) atoms. The Bertz CT molecular complexity index is 768. The lowest BCUT2D eigenvalue weighted by molar-refractivity contribution is 0.103. The number of carbonyl (C=O) groups excluding carboxylic acids is 1. The van der Waals surface area contributed by atoms with E-state index < -0.39 is 0 Å². The highest BCUT2D eigenvalue weighted by Gasteiger charge is 2.13. The van der Waals surface area contributed by atoms with E-state index in [9.17, 15) is 9.18 Å². The number of thiazole rings is 1. The molecule has 0 atom stereocenters. The van der Waals surface area contributed by atoms with E-state index in [1.807, 2.05) is 0 Å². The summed E-state index contributed by atoms with van der Waals surface area (Å²) in [5.74, 6) is -0.622. The third-order valence-corrected chi connectivity index (χ3v) is 4.95. The summed E-state index contributed by atoms with van der Waals surface area (Å²) in [6.45, 7) is 0. The number of rotatable bonds is 2. The van der Waals surface area contributed by atoms with Crippen molar-refractivity contribution in [2.75, 3.05) is 5.32 Å². The molecule has 2 heterocycles. The van der Waals surface area contributed by atoms with Gasteiger partial charge in [-0.25, -0.2) is 9.37 Å².